The minimum absolute atomic E-state index is 0.0537. The van der Waals surface area contributed by atoms with Gasteiger partial charge < -0.3 is 15.4 Å². The molecule has 4 rings (SSSR count). The third kappa shape index (κ3) is 4.03. The van der Waals surface area contributed by atoms with Gasteiger partial charge in [0.15, 0.2) is 11.6 Å². The number of hydrogen-bond donors (Lipinski definition) is 2. The Kier molecular flexibility index (Phi) is 5.14. The summed E-state index contributed by atoms with van der Waals surface area (Å²) in [5, 5.41) is 11.2. The fourth-order valence-electron chi connectivity index (χ4n) is 4.10. The van der Waals surface area contributed by atoms with Gasteiger partial charge in [0.1, 0.15) is 0 Å². The summed E-state index contributed by atoms with van der Waals surface area (Å²) in [5.74, 6) is -0.148. The molecule has 2 heterocycles. The van der Waals surface area contributed by atoms with Gasteiger partial charge in [-0.15, -0.1) is 5.10 Å². The van der Waals surface area contributed by atoms with Gasteiger partial charge in [0.05, 0.1) is 11.6 Å². The molecule has 1 aromatic heterocycles. The number of nitrogens with zero attached hydrogens (tertiary/aromatic N) is 3. The maximum Gasteiger partial charge on any atom is 0.416 e. The summed E-state index contributed by atoms with van der Waals surface area (Å²) in [7, 11) is 0. The monoisotopic (exact) mass is 413 g/mol. The van der Waals surface area contributed by atoms with Crippen LogP contribution in [0.25, 0.3) is 0 Å². The lowest BCUT2D eigenvalue weighted by molar-refractivity contribution is -0.137. The van der Waals surface area contributed by atoms with Gasteiger partial charge in [-0.25, -0.2) is 9.07 Å². The number of fused-ring (bicyclic) bond motifs is 2. The highest BCUT2D eigenvalue weighted by molar-refractivity contribution is 5.35. The summed E-state index contributed by atoms with van der Waals surface area (Å²) in [6.45, 7) is 5.53. The van der Waals surface area contributed by atoms with E-state index in [0.29, 0.717) is 29.9 Å². The van der Waals surface area contributed by atoms with Crippen LogP contribution in [-0.2, 0) is 6.18 Å². The van der Waals surface area contributed by atoms with Gasteiger partial charge in [-0.2, -0.15) is 18.2 Å². The zero-order valence-electron chi connectivity index (χ0n) is 16.1. The van der Waals surface area contributed by atoms with Gasteiger partial charge >= 0.3 is 12.2 Å². The van der Waals surface area contributed by atoms with E-state index in [1.54, 1.807) is 0 Å². The predicted molar refractivity (Wildman–Crippen MR) is 98.4 cm³/mol. The number of halogens is 4. The van der Waals surface area contributed by atoms with Crippen LogP contribution in [0.4, 0.5) is 23.5 Å². The van der Waals surface area contributed by atoms with Crippen molar-refractivity contribution < 1.29 is 22.3 Å². The van der Waals surface area contributed by atoms with E-state index in [4.69, 9.17) is 4.74 Å². The predicted octanol–water partition coefficient (Wildman–Crippen LogP) is 4.22. The molecule has 1 saturated heterocycles. The van der Waals surface area contributed by atoms with Crippen LogP contribution in [0.15, 0.2) is 18.2 Å². The molecule has 1 aliphatic heterocycles. The molecule has 1 saturated carbocycles. The number of piperidine rings is 1. The van der Waals surface area contributed by atoms with Gasteiger partial charge in [-0.3, -0.25) is 0 Å². The second kappa shape index (κ2) is 7.47. The molecule has 1 aliphatic carbocycles. The maximum atomic E-state index is 14.1. The third-order valence-corrected chi connectivity index (χ3v) is 5.58. The lowest BCUT2D eigenvalue weighted by atomic mass is 9.94. The molecule has 3 atom stereocenters. The lowest BCUT2D eigenvalue weighted by Crippen LogP contribution is -2.45. The first-order chi connectivity index (χ1) is 13.7. The highest BCUT2D eigenvalue weighted by atomic mass is 19.4. The standard InChI is InChI=1S/C19H23F4N5O/c1-10(2)28-18(29-15-7-13(19(21,22)23)5-6-14(15)20)26-17(27-28)25-16-11-3-4-12(16)9-24-8-11/h5-7,10-12,16,24H,3-4,8-9H2,1-2H3,(H,25,27)/t11-,12+,16?. The van der Waals surface area contributed by atoms with Crippen LogP contribution in [0, 0.1) is 17.7 Å². The van der Waals surface area contributed by atoms with Crippen LogP contribution < -0.4 is 15.4 Å². The number of ether oxygens (including phenoxy) is 1. The zero-order chi connectivity index (χ0) is 20.8. The number of rotatable bonds is 5. The smallest absolute Gasteiger partial charge is 0.416 e. The van der Waals surface area contributed by atoms with Gasteiger partial charge in [-0.05, 0) is 69.8 Å². The molecule has 2 N–H and O–H groups in total. The van der Waals surface area contributed by atoms with E-state index in [1.807, 2.05) is 13.8 Å². The SMILES string of the molecule is CC(C)n1nc(NC2[C@@H]3CC[C@H]2CNC3)nc1Oc1cc(C(F)(F)F)ccc1F. The molecule has 1 aromatic carbocycles. The summed E-state index contributed by atoms with van der Waals surface area (Å²) in [5.41, 5.74) is -0.992. The molecule has 1 unspecified atom stereocenters. The molecule has 2 bridgehead atoms. The summed E-state index contributed by atoms with van der Waals surface area (Å²) >= 11 is 0. The first-order valence-corrected chi connectivity index (χ1v) is 9.70. The van der Waals surface area contributed by atoms with E-state index in [2.05, 4.69) is 20.7 Å². The second-order valence-corrected chi connectivity index (χ2v) is 7.93. The normalized spacial score (nSPS) is 24.2. The molecular weight excluding hydrogens is 390 g/mol. The van der Waals surface area contributed by atoms with Crippen molar-refractivity contribution in [2.75, 3.05) is 18.4 Å². The van der Waals surface area contributed by atoms with Crippen molar-refractivity contribution in [1.29, 1.82) is 0 Å². The van der Waals surface area contributed by atoms with Crippen molar-refractivity contribution in [2.24, 2.45) is 11.8 Å². The first kappa shape index (κ1) is 19.9. The Morgan fingerprint density at radius 2 is 1.90 bits per heavy atom. The largest absolute Gasteiger partial charge is 0.421 e. The van der Waals surface area contributed by atoms with Gasteiger partial charge in [-0.1, -0.05) is 0 Å². The molecule has 0 amide bonds. The fraction of sp³-hybridized carbons (Fsp3) is 0.579. The molecular formula is C19H23F4N5O. The Morgan fingerprint density at radius 3 is 2.52 bits per heavy atom. The summed E-state index contributed by atoms with van der Waals surface area (Å²) in [6.07, 6.45) is -2.35. The summed E-state index contributed by atoms with van der Waals surface area (Å²) in [6, 6.07) is 2.05. The number of anilines is 1. The Bertz CT molecular complexity index is 866. The Balaban J connectivity index is 1.59. The molecule has 29 heavy (non-hydrogen) atoms. The Hall–Kier alpha value is -2.36. The topological polar surface area (TPSA) is 64.0 Å². The number of nitrogens with one attached hydrogen (secondary N) is 2. The lowest BCUT2D eigenvalue weighted by Gasteiger charge is -2.30. The summed E-state index contributed by atoms with van der Waals surface area (Å²) < 4.78 is 59.9. The van der Waals surface area contributed by atoms with Gasteiger partial charge in [0.25, 0.3) is 0 Å². The van der Waals surface area contributed by atoms with Crippen molar-refractivity contribution in [1.82, 2.24) is 20.1 Å². The average Bonchev–Trinajstić information content (AvgIpc) is 3.12. The van der Waals surface area contributed by atoms with E-state index in [9.17, 15) is 17.6 Å². The van der Waals surface area contributed by atoms with Gasteiger partial charge in [0, 0.05) is 6.04 Å². The average molecular weight is 413 g/mol. The zero-order valence-corrected chi connectivity index (χ0v) is 16.1. The van der Waals surface area contributed by atoms with E-state index in [1.165, 1.54) is 4.68 Å². The van der Waals surface area contributed by atoms with Crippen molar-refractivity contribution in [3.05, 3.63) is 29.6 Å². The fourth-order valence-corrected chi connectivity index (χ4v) is 4.10. The van der Waals surface area contributed by atoms with Crippen LogP contribution in [0.2, 0.25) is 0 Å². The van der Waals surface area contributed by atoms with Crippen LogP contribution in [0.1, 0.15) is 38.3 Å². The van der Waals surface area contributed by atoms with Crippen molar-refractivity contribution in [3.8, 4) is 11.8 Å². The Labute approximate surface area is 165 Å². The first-order valence-electron chi connectivity index (χ1n) is 9.70. The summed E-state index contributed by atoms with van der Waals surface area (Å²) in [4.78, 5) is 4.30. The number of benzene rings is 1. The Morgan fingerprint density at radius 1 is 1.21 bits per heavy atom. The molecule has 2 fully saturated rings. The molecule has 10 heteroatoms. The minimum atomic E-state index is -4.60. The number of alkyl halides is 3. The molecule has 0 radical (unpaired) electrons. The van der Waals surface area contributed by atoms with Crippen LogP contribution in [0.5, 0.6) is 11.8 Å². The van der Waals surface area contributed by atoms with Crippen LogP contribution in [0.3, 0.4) is 0 Å². The van der Waals surface area contributed by atoms with Gasteiger partial charge in [0.2, 0.25) is 5.95 Å². The van der Waals surface area contributed by atoms with Crippen LogP contribution >= 0.6 is 0 Å². The van der Waals surface area contributed by atoms with Crippen molar-refractivity contribution in [3.63, 3.8) is 0 Å². The minimum Gasteiger partial charge on any atom is -0.421 e. The maximum absolute atomic E-state index is 14.1. The van der Waals surface area contributed by atoms with Crippen molar-refractivity contribution >= 4 is 5.95 Å². The molecule has 2 aliphatic rings. The third-order valence-electron chi connectivity index (χ3n) is 5.58. The highest BCUT2D eigenvalue weighted by Crippen LogP contribution is 2.37. The van der Waals surface area contributed by atoms with E-state index >= 15 is 0 Å². The van der Waals surface area contributed by atoms with E-state index < -0.39 is 23.3 Å². The van der Waals surface area contributed by atoms with E-state index in [0.717, 1.165) is 32.0 Å². The molecule has 0 spiro atoms. The molecule has 2 aromatic rings. The number of hydrogen-bond acceptors (Lipinski definition) is 5. The highest BCUT2D eigenvalue weighted by Gasteiger charge is 2.39. The number of aromatic nitrogens is 3. The quantitative estimate of drug-likeness (QED) is 0.719. The second-order valence-electron chi connectivity index (χ2n) is 7.93. The van der Waals surface area contributed by atoms with E-state index in [-0.39, 0.29) is 18.1 Å². The van der Waals surface area contributed by atoms with Crippen molar-refractivity contribution in [2.45, 2.75) is 44.9 Å². The molecule has 158 valence electrons. The molecule has 6 nitrogen and oxygen atoms in total. The van der Waals surface area contributed by atoms with Crippen LogP contribution in [-0.4, -0.2) is 33.9 Å².